The Bertz CT molecular complexity index is 541. The summed E-state index contributed by atoms with van der Waals surface area (Å²) in [6.45, 7) is 6.31. The molecule has 0 aliphatic carbocycles. The Morgan fingerprint density at radius 1 is 1.52 bits per heavy atom. The first-order valence-electron chi connectivity index (χ1n) is 7.05. The molecule has 21 heavy (non-hydrogen) atoms. The summed E-state index contributed by atoms with van der Waals surface area (Å²) in [5.41, 5.74) is 5.84. The van der Waals surface area contributed by atoms with E-state index in [4.69, 9.17) is 5.73 Å². The van der Waals surface area contributed by atoms with Crippen LogP contribution in [0.25, 0.3) is 0 Å². The molecule has 0 bridgehead atoms. The van der Waals surface area contributed by atoms with E-state index in [0.29, 0.717) is 17.8 Å². The van der Waals surface area contributed by atoms with Crippen molar-refractivity contribution in [1.29, 1.82) is 0 Å². The van der Waals surface area contributed by atoms with Crippen LogP contribution in [0.15, 0.2) is 0 Å². The van der Waals surface area contributed by atoms with Crippen LogP contribution >= 0.6 is 11.3 Å². The third kappa shape index (κ3) is 3.10. The first kappa shape index (κ1) is 15.6. The highest BCUT2D eigenvalue weighted by atomic mass is 32.1. The van der Waals surface area contributed by atoms with Crippen LogP contribution < -0.4 is 16.0 Å². The second-order valence-electron chi connectivity index (χ2n) is 4.96. The number of aromatic nitrogens is 1. The van der Waals surface area contributed by atoms with E-state index >= 15 is 0 Å². The molecule has 2 rings (SSSR count). The molecule has 1 unspecified atom stereocenters. The van der Waals surface area contributed by atoms with Crippen LogP contribution in [0.3, 0.4) is 0 Å². The van der Waals surface area contributed by atoms with E-state index in [1.165, 1.54) is 11.3 Å². The standard InChI is InChI=1S/C13H21N5O2S/c1-4-18(5-2)13-16-10(14)9(21-13)11(19)15-8-6-7-17(3)12(8)20/h8H,4-7,14H2,1-3H3,(H,15,19). The molecule has 0 aromatic carbocycles. The van der Waals surface area contributed by atoms with Crippen LogP contribution in [0.2, 0.25) is 0 Å². The number of nitrogens with zero attached hydrogens (tertiary/aromatic N) is 3. The van der Waals surface area contributed by atoms with Crippen molar-refractivity contribution in [2.75, 3.05) is 37.3 Å². The van der Waals surface area contributed by atoms with Crippen LogP contribution in [-0.4, -0.2) is 54.4 Å². The highest BCUT2D eigenvalue weighted by Gasteiger charge is 2.31. The minimum absolute atomic E-state index is 0.0598. The van der Waals surface area contributed by atoms with Crippen LogP contribution in [0.5, 0.6) is 0 Å². The van der Waals surface area contributed by atoms with Gasteiger partial charge in [0.15, 0.2) is 5.13 Å². The van der Waals surface area contributed by atoms with Crippen LogP contribution in [0.1, 0.15) is 29.9 Å². The fourth-order valence-electron chi connectivity index (χ4n) is 2.29. The van der Waals surface area contributed by atoms with Crippen LogP contribution in [-0.2, 0) is 4.79 Å². The third-order valence-electron chi connectivity index (χ3n) is 3.62. The van der Waals surface area contributed by atoms with Crippen molar-refractivity contribution < 1.29 is 9.59 Å². The Hall–Kier alpha value is -1.83. The molecule has 7 nitrogen and oxygen atoms in total. The lowest BCUT2D eigenvalue weighted by Gasteiger charge is -2.16. The van der Waals surface area contributed by atoms with Gasteiger partial charge in [0.1, 0.15) is 16.7 Å². The van der Waals surface area contributed by atoms with Crippen molar-refractivity contribution in [3.05, 3.63) is 4.88 Å². The summed E-state index contributed by atoms with van der Waals surface area (Å²) in [5, 5.41) is 3.48. The molecular formula is C13H21N5O2S. The zero-order valence-corrected chi connectivity index (χ0v) is 13.4. The average molecular weight is 311 g/mol. The summed E-state index contributed by atoms with van der Waals surface area (Å²) in [6.07, 6.45) is 0.628. The molecule has 3 N–H and O–H groups in total. The first-order chi connectivity index (χ1) is 9.97. The Morgan fingerprint density at radius 2 is 2.19 bits per heavy atom. The number of carbonyl (C=O) groups excluding carboxylic acids is 2. The number of hydrogen-bond donors (Lipinski definition) is 2. The molecule has 1 saturated heterocycles. The zero-order chi connectivity index (χ0) is 15.6. The lowest BCUT2D eigenvalue weighted by atomic mass is 10.2. The van der Waals surface area contributed by atoms with Gasteiger partial charge in [0.05, 0.1) is 0 Å². The summed E-state index contributed by atoms with van der Waals surface area (Å²) in [7, 11) is 1.73. The van der Waals surface area contributed by atoms with Gasteiger partial charge in [-0.1, -0.05) is 11.3 Å². The van der Waals surface area contributed by atoms with E-state index in [2.05, 4.69) is 10.3 Å². The Morgan fingerprint density at radius 3 is 2.71 bits per heavy atom. The summed E-state index contributed by atoms with van der Waals surface area (Å²) in [5.74, 6) is -0.161. The monoisotopic (exact) mass is 311 g/mol. The fourth-order valence-corrected chi connectivity index (χ4v) is 3.31. The summed E-state index contributed by atoms with van der Waals surface area (Å²) in [4.78, 5) is 32.4. The number of nitrogens with two attached hydrogens (primary N) is 1. The molecule has 1 aromatic rings. The molecule has 1 aromatic heterocycles. The van der Waals surface area contributed by atoms with Gasteiger partial charge < -0.3 is 20.9 Å². The van der Waals surface area contributed by atoms with E-state index in [9.17, 15) is 9.59 Å². The first-order valence-corrected chi connectivity index (χ1v) is 7.86. The molecule has 2 amide bonds. The van der Waals surface area contributed by atoms with Gasteiger partial charge in [-0.25, -0.2) is 4.98 Å². The van der Waals surface area contributed by atoms with E-state index in [-0.39, 0.29) is 17.6 Å². The molecule has 1 aliphatic rings. The molecular weight excluding hydrogens is 290 g/mol. The number of thiazole rings is 1. The SMILES string of the molecule is CCN(CC)c1nc(N)c(C(=O)NC2CCN(C)C2=O)s1. The highest BCUT2D eigenvalue weighted by molar-refractivity contribution is 7.18. The van der Waals surface area contributed by atoms with Crippen molar-refractivity contribution in [2.24, 2.45) is 0 Å². The maximum atomic E-state index is 12.3. The van der Waals surface area contributed by atoms with Crippen molar-refractivity contribution in [1.82, 2.24) is 15.2 Å². The minimum atomic E-state index is -0.457. The smallest absolute Gasteiger partial charge is 0.265 e. The van der Waals surface area contributed by atoms with Crippen molar-refractivity contribution in [3.8, 4) is 0 Å². The van der Waals surface area contributed by atoms with Crippen molar-refractivity contribution >= 4 is 34.1 Å². The lowest BCUT2D eigenvalue weighted by molar-refractivity contribution is -0.128. The summed E-state index contributed by atoms with van der Waals surface area (Å²) >= 11 is 1.26. The summed E-state index contributed by atoms with van der Waals surface area (Å²) in [6, 6.07) is -0.457. The second-order valence-corrected chi connectivity index (χ2v) is 5.94. The normalized spacial score (nSPS) is 18.1. The van der Waals surface area contributed by atoms with Gasteiger partial charge in [0.25, 0.3) is 5.91 Å². The molecule has 1 fully saturated rings. The molecule has 1 aliphatic heterocycles. The average Bonchev–Trinajstić information content (AvgIpc) is 2.98. The Balaban J connectivity index is 2.11. The quantitative estimate of drug-likeness (QED) is 0.828. The van der Waals surface area contributed by atoms with Crippen molar-refractivity contribution in [3.63, 3.8) is 0 Å². The van der Waals surface area contributed by atoms with Gasteiger partial charge in [-0.3, -0.25) is 9.59 Å². The number of likely N-dealkylation sites (N-methyl/N-ethyl adjacent to an activating group) is 1. The van der Waals surface area contributed by atoms with Gasteiger partial charge in [0, 0.05) is 26.7 Å². The van der Waals surface area contributed by atoms with E-state index in [0.717, 1.165) is 18.2 Å². The highest BCUT2D eigenvalue weighted by Crippen LogP contribution is 2.28. The molecule has 8 heteroatoms. The molecule has 1 atom stereocenters. The number of likely N-dealkylation sites (tertiary alicyclic amines) is 1. The summed E-state index contributed by atoms with van der Waals surface area (Å²) < 4.78 is 0. The number of hydrogen-bond acceptors (Lipinski definition) is 6. The van der Waals surface area contributed by atoms with E-state index in [1.807, 2.05) is 18.7 Å². The zero-order valence-electron chi connectivity index (χ0n) is 12.5. The number of amides is 2. The van der Waals surface area contributed by atoms with Gasteiger partial charge in [-0.15, -0.1) is 0 Å². The predicted molar refractivity (Wildman–Crippen MR) is 83.6 cm³/mol. The molecule has 116 valence electrons. The molecule has 2 heterocycles. The number of nitrogens with one attached hydrogen (secondary N) is 1. The van der Waals surface area contributed by atoms with Gasteiger partial charge >= 0.3 is 0 Å². The number of anilines is 2. The largest absolute Gasteiger partial charge is 0.382 e. The van der Waals surface area contributed by atoms with E-state index < -0.39 is 6.04 Å². The fraction of sp³-hybridized carbons (Fsp3) is 0.615. The second kappa shape index (κ2) is 6.30. The predicted octanol–water partition coefficient (Wildman–Crippen LogP) is 0.532. The topological polar surface area (TPSA) is 91.6 Å². The van der Waals surface area contributed by atoms with Crippen molar-refractivity contribution in [2.45, 2.75) is 26.3 Å². The van der Waals surface area contributed by atoms with Crippen LogP contribution in [0, 0.1) is 0 Å². The number of carbonyl (C=O) groups is 2. The Kier molecular flexibility index (Phi) is 4.66. The maximum absolute atomic E-state index is 12.3. The maximum Gasteiger partial charge on any atom is 0.265 e. The molecule has 0 spiro atoms. The number of rotatable bonds is 5. The van der Waals surface area contributed by atoms with E-state index in [1.54, 1.807) is 11.9 Å². The van der Waals surface area contributed by atoms with Gasteiger partial charge in [-0.05, 0) is 20.3 Å². The number of nitrogen functional groups attached to an aromatic ring is 1. The minimum Gasteiger partial charge on any atom is -0.382 e. The Labute approximate surface area is 128 Å². The molecule has 0 radical (unpaired) electrons. The third-order valence-corrected chi connectivity index (χ3v) is 4.75. The van der Waals surface area contributed by atoms with Crippen LogP contribution in [0.4, 0.5) is 10.9 Å². The van der Waals surface area contributed by atoms with Gasteiger partial charge in [-0.2, -0.15) is 0 Å². The van der Waals surface area contributed by atoms with Gasteiger partial charge in [0.2, 0.25) is 5.91 Å². The lowest BCUT2D eigenvalue weighted by Crippen LogP contribution is -2.40. The molecule has 0 saturated carbocycles.